The van der Waals surface area contributed by atoms with E-state index in [0.29, 0.717) is 24.1 Å². The lowest BCUT2D eigenvalue weighted by Crippen LogP contribution is -2.12. The first-order valence-corrected chi connectivity index (χ1v) is 6.49. The molecule has 5 heteroatoms. The number of nitrogens with zero attached hydrogens (tertiary/aromatic N) is 3. The molecule has 0 aromatic carbocycles. The lowest BCUT2D eigenvalue weighted by Gasteiger charge is -2.07. The first kappa shape index (κ1) is 14.7. The zero-order valence-corrected chi connectivity index (χ0v) is 11.9. The van der Waals surface area contributed by atoms with Crippen molar-refractivity contribution in [2.45, 2.75) is 47.6 Å². The Hall–Kier alpha value is -1.39. The highest BCUT2D eigenvalue weighted by molar-refractivity contribution is 5.88. The second kappa shape index (κ2) is 6.52. The summed E-state index contributed by atoms with van der Waals surface area (Å²) in [6.07, 6.45) is 1.02. The van der Waals surface area contributed by atoms with Gasteiger partial charge in [-0.1, -0.05) is 32.9 Å². The van der Waals surface area contributed by atoms with Gasteiger partial charge in [-0.15, -0.1) is 5.10 Å². The molecule has 1 heterocycles. The molecule has 0 unspecified atom stereocenters. The molecular formula is C13H23N3O2. The van der Waals surface area contributed by atoms with Gasteiger partial charge >= 0.3 is 5.97 Å². The summed E-state index contributed by atoms with van der Waals surface area (Å²) in [5.74, 6) is 0.548. The number of aromatic nitrogens is 3. The molecule has 0 aliphatic heterocycles. The van der Waals surface area contributed by atoms with Crippen LogP contribution in [0.3, 0.4) is 0 Å². The maximum Gasteiger partial charge on any atom is 0.360 e. The van der Waals surface area contributed by atoms with Gasteiger partial charge in [0.05, 0.1) is 12.3 Å². The Balaban J connectivity index is 2.64. The van der Waals surface area contributed by atoms with Gasteiger partial charge in [-0.2, -0.15) is 0 Å². The van der Waals surface area contributed by atoms with Crippen LogP contribution in [0.1, 0.15) is 50.3 Å². The summed E-state index contributed by atoms with van der Waals surface area (Å²) in [7, 11) is 0. The zero-order valence-electron chi connectivity index (χ0n) is 11.9. The summed E-state index contributed by atoms with van der Waals surface area (Å²) < 4.78 is 6.92. The molecule has 102 valence electrons. The van der Waals surface area contributed by atoms with E-state index in [1.54, 1.807) is 4.68 Å². The van der Waals surface area contributed by atoms with Crippen LogP contribution in [0.5, 0.6) is 0 Å². The maximum atomic E-state index is 11.8. The third-order valence-electron chi connectivity index (χ3n) is 2.64. The summed E-state index contributed by atoms with van der Waals surface area (Å²) in [6, 6.07) is 0. The number of ether oxygens (including phenoxy) is 1. The molecule has 0 amide bonds. The Morgan fingerprint density at radius 3 is 2.50 bits per heavy atom. The van der Waals surface area contributed by atoms with E-state index in [0.717, 1.165) is 18.7 Å². The lowest BCUT2D eigenvalue weighted by atomic mass is 10.1. The zero-order chi connectivity index (χ0) is 13.7. The normalized spacial score (nSPS) is 11.3. The van der Waals surface area contributed by atoms with Crippen molar-refractivity contribution < 1.29 is 9.53 Å². The number of esters is 1. The van der Waals surface area contributed by atoms with Crippen LogP contribution in [0, 0.1) is 18.8 Å². The predicted molar refractivity (Wildman–Crippen MR) is 69.3 cm³/mol. The van der Waals surface area contributed by atoms with Crippen molar-refractivity contribution in [2.75, 3.05) is 6.61 Å². The summed E-state index contributed by atoms with van der Waals surface area (Å²) >= 11 is 0. The number of carbonyl (C=O) groups excluding carboxylic acids is 1. The molecule has 0 saturated carbocycles. The van der Waals surface area contributed by atoms with Crippen molar-refractivity contribution in [3.63, 3.8) is 0 Å². The smallest absolute Gasteiger partial charge is 0.360 e. The third-order valence-corrected chi connectivity index (χ3v) is 2.64. The summed E-state index contributed by atoms with van der Waals surface area (Å²) in [4.78, 5) is 11.8. The minimum atomic E-state index is -0.378. The molecule has 0 spiro atoms. The molecule has 0 atom stereocenters. The Bertz CT molecular complexity index is 397. The van der Waals surface area contributed by atoms with E-state index in [1.165, 1.54) is 0 Å². The van der Waals surface area contributed by atoms with Gasteiger partial charge in [0.1, 0.15) is 0 Å². The van der Waals surface area contributed by atoms with Crippen LogP contribution in [0.15, 0.2) is 0 Å². The predicted octanol–water partition coefficient (Wildman–Crippen LogP) is 2.45. The standard InChI is InChI=1S/C13H23N3O2/c1-9(2)6-7-16-11(5)12(14-15-16)13(17)18-8-10(3)4/h9-10H,6-8H2,1-5H3. The highest BCUT2D eigenvalue weighted by atomic mass is 16.5. The quantitative estimate of drug-likeness (QED) is 0.731. The van der Waals surface area contributed by atoms with Crippen LogP contribution >= 0.6 is 0 Å². The fourth-order valence-corrected chi connectivity index (χ4v) is 1.45. The minimum absolute atomic E-state index is 0.324. The van der Waals surface area contributed by atoms with Crippen molar-refractivity contribution in [1.82, 2.24) is 15.0 Å². The van der Waals surface area contributed by atoms with E-state index in [-0.39, 0.29) is 5.97 Å². The second-order valence-electron chi connectivity index (χ2n) is 5.42. The molecule has 0 aliphatic carbocycles. The van der Waals surface area contributed by atoms with Crippen LogP contribution in [0.25, 0.3) is 0 Å². The van der Waals surface area contributed by atoms with Crippen LogP contribution in [0.4, 0.5) is 0 Å². The van der Waals surface area contributed by atoms with Crippen molar-refractivity contribution in [3.05, 3.63) is 11.4 Å². The molecule has 0 saturated heterocycles. The van der Waals surface area contributed by atoms with E-state index < -0.39 is 0 Å². The van der Waals surface area contributed by atoms with E-state index in [4.69, 9.17) is 4.74 Å². The second-order valence-corrected chi connectivity index (χ2v) is 5.42. The number of carbonyl (C=O) groups is 1. The van der Waals surface area contributed by atoms with Crippen LogP contribution < -0.4 is 0 Å². The lowest BCUT2D eigenvalue weighted by molar-refractivity contribution is 0.0451. The van der Waals surface area contributed by atoms with Gasteiger partial charge in [0.2, 0.25) is 0 Å². The molecule has 1 rings (SSSR count). The van der Waals surface area contributed by atoms with Gasteiger partial charge < -0.3 is 4.74 Å². The molecule has 1 aromatic heterocycles. The van der Waals surface area contributed by atoms with Crippen LogP contribution in [-0.4, -0.2) is 27.6 Å². The van der Waals surface area contributed by atoms with Gasteiger partial charge in [-0.05, 0) is 25.2 Å². The number of hydrogen-bond donors (Lipinski definition) is 0. The third kappa shape index (κ3) is 4.13. The Morgan fingerprint density at radius 1 is 1.28 bits per heavy atom. The Morgan fingerprint density at radius 2 is 1.94 bits per heavy atom. The van der Waals surface area contributed by atoms with Gasteiger partial charge in [-0.3, -0.25) is 0 Å². The number of hydrogen-bond acceptors (Lipinski definition) is 4. The maximum absolute atomic E-state index is 11.8. The first-order chi connectivity index (χ1) is 8.41. The van der Waals surface area contributed by atoms with E-state index >= 15 is 0 Å². The molecule has 5 nitrogen and oxygen atoms in total. The van der Waals surface area contributed by atoms with Crippen LogP contribution in [-0.2, 0) is 11.3 Å². The number of aryl methyl sites for hydroxylation is 1. The fourth-order valence-electron chi connectivity index (χ4n) is 1.45. The molecule has 18 heavy (non-hydrogen) atoms. The van der Waals surface area contributed by atoms with Crippen molar-refractivity contribution in [1.29, 1.82) is 0 Å². The van der Waals surface area contributed by atoms with Gasteiger partial charge in [0.25, 0.3) is 0 Å². The molecular weight excluding hydrogens is 230 g/mol. The van der Waals surface area contributed by atoms with Crippen molar-refractivity contribution >= 4 is 5.97 Å². The molecule has 1 aromatic rings. The average molecular weight is 253 g/mol. The highest BCUT2D eigenvalue weighted by Gasteiger charge is 2.18. The molecule has 0 radical (unpaired) electrons. The molecule has 0 N–H and O–H groups in total. The highest BCUT2D eigenvalue weighted by Crippen LogP contribution is 2.09. The summed E-state index contributed by atoms with van der Waals surface area (Å²) in [5, 5.41) is 7.91. The molecule has 0 fully saturated rings. The van der Waals surface area contributed by atoms with E-state index in [1.807, 2.05) is 20.8 Å². The van der Waals surface area contributed by atoms with Gasteiger partial charge in [0.15, 0.2) is 5.69 Å². The Kier molecular flexibility index (Phi) is 5.31. The minimum Gasteiger partial charge on any atom is -0.461 e. The van der Waals surface area contributed by atoms with Crippen molar-refractivity contribution in [2.24, 2.45) is 11.8 Å². The summed E-state index contributed by atoms with van der Waals surface area (Å²) in [6.45, 7) is 11.4. The van der Waals surface area contributed by atoms with Crippen LogP contribution in [0.2, 0.25) is 0 Å². The largest absolute Gasteiger partial charge is 0.461 e. The monoisotopic (exact) mass is 253 g/mol. The molecule has 0 bridgehead atoms. The van der Waals surface area contributed by atoms with E-state index in [2.05, 4.69) is 24.2 Å². The number of rotatable bonds is 6. The van der Waals surface area contributed by atoms with Crippen molar-refractivity contribution in [3.8, 4) is 0 Å². The summed E-state index contributed by atoms with van der Waals surface area (Å²) in [5.41, 5.74) is 1.11. The SMILES string of the molecule is Cc1c(C(=O)OCC(C)C)nnn1CCC(C)C. The van der Waals surface area contributed by atoms with Gasteiger partial charge in [-0.25, -0.2) is 9.48 Å². The average Bonchev–Trinajstić information content (AvgIpc) is 2.65. The molecule has 0 aliphatic rings. The first-order valence-electron chi connectivity index (χ1n) is 6.49. The fraction of sp³-hybridized carbons (Fsp3) is 0.769. The topological polar surface area (TPSA) is 57.0 Å². The Labute approximate surface area is 109 Å². The van der Waals surface area contributed by atoms with E-state index in [9.17, 15) is 4.79 Å². The van der Waals surface area contributed by atoms with Gasteiger partial charge in [0, 0.05) is 6.54 Å².